The molecule has 0 radical (unpaired) electrons. The summed E-state index contributed by atoms with van der Waals surface area (Å²) in [5.41, 5.74) is 5.45. The normalized spacial score (nSPS) is 12.8. The van der Waals surface area contributed by atoms with Gasteiger partial charge in [0.25, 0.3) is 0 Å². The molecule has 1 heterocycles. The highest BCUT2D eigenvalue weighted by Gasteiger charge is 2.06. The van der Waals surface area contributed by atoms with Gasteiger partial charge in [0.2, 0.25) is 0 Å². The quantitative estimate of drug-likeness (QED) is 0.757. The Labute approximate surface area is 81.5 Å². The van der Waals surface area contributed by atoms with E-state index in [0.29, 0.717) is 16.6 Å². The van der Waals surface area contributed by atoms with E-state index < -0.39 is 0 Å². The van der Waals surface area contributed by atoms with Crippen molar-refractivity contribution in [2.45, 2.75) is 13.5 Å². The first-order chi connectivity index (χ1) is 5.59. The molecule has 1 aromatic rings. The van der Waals surface area contributed by atoms with E-state index in [1.165, 1.54) is 0 Å². The number of halogens is 1. The zero-order valence-corrected chi connectivity index (χ0v) is 8.27. The van der Waals surface area contributed by atoms with E-state index in [1.807, 2.05) is 6.92 Å². The molecule has 1 unspecified atom stereocenters. The molecule has 0 aliphatic heterocycles. The molecule has 1 atom stereocenters. The fourth-order valence-electron chi connectivity index (χ4n) is 0.809. The van der Waals surface area contributed by atoms with E-state index in [4.69, 9.17) is 29.6 Å². The van der Waals surface area contributed by atoms with E-state index in [1.54, 1.807) is 17.1 Å². The van der Waals surface area contributed by atoms with E-state index in [9.17, 15) is 0 Å². The van der Waals surface area contributed by atoms with Crippen molar-refractivity contribution in [2.24, 2.45) is 11.7 Å². The predicted molar refractivity (Wildman–Crippen MR) is 53.2 cm³/mol. The van der Waals surface area contributed by atoms with Crippen molar-refractivity contribution in [3.8, 4) is 0 Å². The Morgan fingerprint density at radius 1 is 1.92 bits per heavy atom. The molecular weight excluding hydrogens is 194 g/mol. The number of hydrogen-bond donors (Lipinski definition) is 1. The second-order valence-electron chi connectivity index (χ2n) is 2.68. The summed E-state index contributed by atoms with van der Waals surface area (Å²) in [7, 11) is 0. The Bertz CT molecular complexity index is 284. The highest BCUT2D eigenvalue weighted by molar-refractivity contribution is 7.80. The van der Waals surface area contributed by atoms with E-state index in [-0.39, 0.29) is 5.92 Å². The number of rotatable bonds is 3. The van der Waals surface area contributed by atoms with Gasteiger partial charge in [-0.05, 0) is 0 Å². The Kier molecular flexibility index (Phi) is 3.05. The molecule has 3 nitrogen and oxygen atoms in total. The van der Waals surface area contributed by atoms with Gasteiger partial charge in [-0.3, -0.25) is 4.68 Å². The fraction of sp³-hybridized carbons (Fsp3) is 0.429. The van der Waals surface area contributed by atoms with Crippen molar-refractivity contribution >= 4 is 28.8 Å². The Morgan fingerprint density at radius 2 is 2.58 bits per heavy atom. The maximum absolute atomic E-state index is 5.68. The lowest BCUT2D eigenvalue weighted by Crippen LogP contribution is -2.22. The van der Waals surface area contributed by atoms with Gasteiger partial charge in [0, 0.05) is 18.7 Å². The molecule has 12 heavy (non-hydrogen) atoms. The van der Waals surface area contributed by atoms with Crippen LogP contribution < -0.4 is 5.73 Å². The van der Waals surface area contributed by atoms with Crippen LogP contribution in [0.3, 0.4) is 0 Å². The molecule has 0 bridgehead atoms. The molecule has 0 amide bonds. The van der Waals surface area contributed by atoms with Crippen LogP contribution >= 0.6 is 23.8 Å². The van der Waals surface area contributed by atoms with Crippen LogP contribution in [0.4, 0.5) is 0 Å². The standard InChI is InChI=1S/C7H10ClN3S/c1-5(7(9)12)3-11-4-6(8)2-10-11/h2,4-5H,3H2,1H3,(H2,9,12). The Balaban J connectivity index is 2.58. The predicted octanol–water partition coefficient (Wildman–Crippen LogP) is 1.46. The SMILES string of the molecule is CC(Cn1cc(Cl)cn1)C(N)=S. The van der Waals surface area contributed by atoms with Gasteiger partial charge in [0.05, 0.1) is 16.2 Å². The lowest BCUT2D eigenvalue weighted by molar-refractivity contribution is 0.543. The summed E-state index contributed by atoms with van der Waals surface area (Å²) in [5.74, 6) is 0.149. The van der Waals surface area contributed by atoms with Crippen molar-refractivity contribution in [1.82, 2.24) is 9.78 Å². The van der Waals surface area contributed by atoms with Crippen molar-refractivity contribution in [3.05, 3.63) is 17.4 Å². The molecule has 5 heteroatoms. The summed E-state index contributed by atoms with van der Waals surface area (Å²) in [4.78, 5) is 0.502. The first kappa shape index (κ1) is 9.48. The van der Waals surface area contributed by atoms with E-state index in [2.05, 4.69) is 5.10 Å². The van der Waals surface area contributed by atoms with Crippen molar-refractivity contribution in [3.63, 3.8) is 0 Å². The molecule has 0 saturated carbocycles. The zero-order chi connectivity index (χ0) is 9.14. The van der Waals surface area contributed by atoms with Crippen LogP contribution in [0, 0.1) is 5.92 Å². The van der Waals surface area contributed by atoms with Gasteiger partial charge < -0.3 is 5.73 Å². The minimum Gasteiger partial charge on any atom is -0.393 e. The van der Waals surface area contributed by atoms with Crippen molar-refractivity contribution in [2.75, 3.05) is 0 Å². The summed E-state index contributed by atoms with van der Waals surface area (Å²) in [6.07, 6.45) is 3.34. The first-order valence-corrected chi connectivity index (χ1v) is 4.35. The Hall–Kier alpha value is -0.610. The lowest BCUT2D eigenvalue weighted by atomic mass is 10.2. The maximum atomic E-state index is 5.68. The van der Waals surface area contributed by atoms with Crippen LogP contribution in [0.25, 0.3) is 0 Å². The van der Waals surface area contributed by atoms with Crippen LogP contribution in [0.2, 0.25) is 5.02 Å². The second kappa shape index (κ2) is 3.87. The van der Waals surface area contributed by atoms with Crippen LogP contribution in [0.15, 0.2) is 12.4 Å². The van der Waals surface area contributed by atoms with Gasteiger partial charge in [-0.15, -0.1) is 0 Å². The number of thiocarbonyl (C=S) groups is 1. The van der Waals surface area contributed by atoms with Gasteiger partial charge in [0.15, 0.2) is 0 Å². The van der Waals surface area contributed by atoms with Crippen LogP contribution in [0.1, 0.15) is 6.92 Å². The smallest absolute Gasteiger partial charge is 0.0785 e. The summed E-state index contributed by atoms with van der Waals surface area (Å²) in [6.45, 7) is 2.64. The summed E-state index contributed by atoms with van der Waals surface area (Å²) in [6, 6.07) is 0. The highest BCUT2D eigenvalue weighted by atomic mass is 35.5. The van der Waals surface area contributed by atoms with Gasteiger partial charge in [0.1, 0.15) is 0 Å². The van der Waals surface area contributed by atoms with Gasteiger partial charge in [-0.1, -0.05) is 30.7 Å². The minimum absolute atomic E-state index is 0.149. The molecule has 1 aromatic heterocycles. The van der Waals surface area contributed by atoms with Gasteiger partial charge >= 0.3 is 0 Å². The summed E-state index contributed by atoms with van der Waals surface area (Å²) in [5, 5.41) is 4.64. The molecule has 0 aliphatic carbocycles. The van der Waals surface area contributed by atoms with Crippen molar-refractivity contribution < 1.29 is 0 Å². The molecule has 1 rings (SSSR count). The van der Waals surface area contributed by atoms with E-state index >= 15 is 0 Å². The largest absolute Gasteiger partial charge is 0.393 e. The zero-order valence-electron chi connectivity index (χ0n) is 6.70. The van der Waals surface area contributed by atoms with Crippen LogP contribution in [-0.2, 0) is 6.54 Å². The van der Waals surface area contributed by atoms with Crippen molar-refractivity contribution in [1.29, 1.82) is 0 Å². The fourth-order valence-corrected chi connectivity index (χ4v) is 1.04. The number of nitrogens with two attached hydrogens (primary N) is 1. The minimum atomic E-state index is 0.149. The number of hydrogen-bond acceptors (Lipinski definition) is 2. The van der Waals surface area contributed by atoms with Crippen LogP contribution in [0.5, 0.6) is 0 Å². The number of aromatic nitrogens is 2. The third-order valence-corrected chi connectivity index (χ3v) is 2.15. The monoisotopic (exact) mass is 203 g/mol. The second-order valence-corrected chi connectivity index (χ2v) is 3.59. The average Bonchev–Trinajstić information content (AvgIpc) is 2.35. The van der Waals surface area contributed by atoms with Gasteiger partial charge in [-0.25, -0.2) is 0 Å². The summed E-state index contributed by atoms with van der Waals surface area (Å²) >= 11 is 10.5. The molecule has 66 valence electrons. The molecule has 0 spiro atoms. The molecular formula is C7H10ClN3S. The average molecular weight is 204 g/mol. The molecule has 0 aliphatic rings. The molecule has 0 aromatic carbocycles. The third-order valence-electron chi connectivity index (χ3n) is 1.55. The third kappa shape index (κ3) is 2.46. The lowest BCUT2D eigenvalue weighted by Gasteiger charge is -2.08. The molecule has 2 N–H and O–H groups in total. The highest BCUT2D eigenvalue weighted by Crippen LogP contribution is 2.07. The summed E-state index contributed by atoms with van der Waals surface area (Å²) < 4.78 is 1.73. The number of nitrogens with zero attached hydrogens (tertiary/aromatic N) is 2. The Morgan fingerprint density at radius 3 is 3.00 bits per heavy atom. The molecule has 0 saturated heterocycles. The molecule has 0 fully saturated rings. The van der Waals surface area contributed by atoms with E-state index in [0.717, 1.165) is 0 Å². The van der Waals surface area contributed by atoms with Gasteiger partial charge in [-0.2, -0.15) is 5.10 Å². The maximum Gasteiger partial charge on any atom is 0.0785 e. The first-order valence-electron chi connectivity index (χ1n) is 3.57. The topological polar surface area (TPSA) is 43.8 Å². The van der Waals surface area contributed by atoms with Crippen LogP contribution in [-0.4, -0.2) is 14.8 Å².